The predicted octanol–water partition coefficient (Wildman–Crippen LogP) is 3.04. The lowest BCUT2D eigenvalue weighted by Gasteiger charge is -2.32. The van der Waals surface area contributed by atoms with E-state index in [4.69, 9.17) is 9.72 Å². The van der Waals surface area contributed by atoms with E-state index >= 15 is 0 Å². The molecule has 0 aliphatic carbocycles. The maximum Gasteiger partial charge on any atom is 0.135 e. The third-order valence-corrected chi connectivity index (χ3v) is 3.90. The van der Waals surface area contributed by atoms with Crippen LogP contribution >= 0.6 is 0 Å². The van der Waals surface area contributed by atoms with Crippen LogP contribution < -0.4 is 10.2 Å². The fraction of sp³-hybridized carbons (Fsp3) is 0.750. The summed E-state index contributed by atoms with van der Waals surface area (Å²) in [4.78, 5) is 11.7. The molecule has 0 radical (unpaired) electrons. The molecule has 0 bridgehead atoms. The predicted molar refractivity (Wildman–Crippen MR) is 87.1 cm³/mol. The van der Waals surface area contributed by atoms with Crippen molar-refractivity contribution in [1.82, 2.24) is 9.97 Å². The Kier molecular flexibility index (Phi) is 5.79. The molecule has 118 valence electrons. The van der Waals surface area contributed by atoms with Crippen molar-refractivity contribution in [3.05, 3.63) is 11.9 Å². The number of piperidine rings is 1. The summed E-state index contributed by atoms with van der Waals surface area (Å²) in [7, 11) is 1.80. The normalized spacial score (nSPS) is 16.5. The second-order valence-electron chi connectivity index (χ2n) is 5.97. The lowest BCUT2D eigenvalue weighted by atomic mass is 10.1. The molecule has 2 rings (SSSR count). The maximum absolute atomic E-state index is 5.44. The molecule has 5 nitrogen and oxygen atoms in total. The summed E-state index contributed by atoms with van der Waals surface area (Å²) in [6.45, 7) is 9.38. The van der Waals surface area contributed by atoms with Gasteiger partial charge in [-0.1, -0.05) is 20.8 Å². The van der Waals surface area contributed by atoms with Gasteiger partial charge in [0.1, 0.15) is 17.5 Å². The number of methoxy groups -OCH3 is 1. The number of ether oxygens (including phenoxy) is 1. The first-order valence-corrected chi connectivity index (χ1v) is 8.04. The van der Waals surface area contributed by atoms with Crippen molar-refractivity contribution in [1.29, 1.82) is 0 Å². The monoisotopic (exact) mass is 292 g/mol. The van der Waals surface area contributed by atoms with E-state index in [0.717, 1.165) is 56.4 Å². The van der Waals surface area contributed by atoms with Crippen molar-refractivity contribution in [2.75, 3.05) is 37.0 Å². The van der Waals surface area contributed by atoms with Gasteiger partial charge in [0.2, 0.25) is 0 Å². The largest absolute Gasteiger partial charge is 0.381 e. The van der Waals surface area contributed by atoms with Gasteiger partial charge in [-0.3, -0.25) is 0 Å². The minimum atomic E-state index is 0.337. The topological polar surface area (TPSA) is 50.3 Å². The highest BCUT2D eigenvalue weighted by Gasteiger charge is 2.21. The zero-order valence-corrected chi connectivity index (χ0v) is 13.7. The van der Waals surface area contributed by atoms with Crippen molar-refractivity contribution in [3.8, 4) is 0 Å². The summed E-state index contributed by atoms with van der Waals surface area (Å²) in [6, 6.07) is 2.08. The van der Waals surface area contributed by atoms with E-state index in [1.54, 1.807) is 7.11 Å². The molecular formula is C16H28N4O. The highest BCUT2D eigenvalue weighted by molar-refractivity contribution is 5.50. The van der Waals surface area contributed by atoms with Gasteiger partial charge in [0.15, 0.2) is 0 Å². The quantitative estimate of drug-likeness (QED) is 0.873. The van der Waals surface area contributed by atoms with Crippen LogP contribution in [0.25, 0.3) is 0 Å². The van der Waals surface area contributed by atoms with E-state index in [1.807, 2.05) is 0 Å². The molecule has 1 aliphatic rings. The Hall–Kier alpha value is -1.36. The fourth-order valence-electron chi connectivity index (χ4n) is 2.54. The van der Waals surface area contributed by atoms with Crippen LogP contribution in [0.5, 0.6) is 0 Å². The molecular weight excluding hydrogens is 264 g/mol. The Morgan fingerprint density at radius 2 is 2.05 bits per heavy atom. The van der Waals surface area contributed by atoms with E-state index in [1.165, 1.54) is 0 Å². The molecule has 0 atom stereocenters. The Morgan fingerprint density at radius 1 is 1.33 bits per heavy atom. The molecule has 1 saturated heterocycles. The summed E-state index contributed by atoms with van der Waals surface area (Å²) < 4.78 is 5.44. The standard InChI is InChI=1S/C16H28N4O/c1-5-8-17-14-11-15(19-16(18-14)12(2)3)20-9-6-13(21-4)7-10-20/h11-13H,5-10H2,1-4H3,(H,17,18,19). The Labute approximate surface area is 128 Å². The van der Waals surface area contributed by atoms with E-state index < -0.39 is 0 Å². The van der Waals surface area contributed by atoms with Crippen LogP contribution in [0.1, 0.15) is 51.8 Å². The summed E-state index contributed by atoms with van der Waals surface area (Å²) in [6.07, 6.45) is 3.62. The molecule has 0 unspecified atom stereocenters. The zero-order valence-electron chi connectivity index (χ0n) is 13.7. The smallest absolute Gasteiger partial charge is 0.135 e. The van der Waals surface area contributed by atoms with Crippen molar-refractivity contribution < 1.29 is 4.74 Å². The summed E-state index contributed by atoms with van der Waals surface area (Å²) in [5.74, 6) is 3.24. The van der Waals surface area contributed by atoms with E-state index in [2.05, 4.69) is 42.0 Å². The maximum atomic E-state index is 5.44. The third-order valence-electron chi connectivity index (χ3n) is 3.90. The van der Waals surface area contributed by atoms with Gasteiger partial charge in [0, 0.05) is 38.7 Å². The Balaban J connectivity index is 2.15. The number of nitrogens with zero attached hydrogens (tertiary/aromatic N) is 3. The van der Waals surface area contributed by atoms with Gasteiger partial charge in [-0.25, -0.2) is 9.97 Å². The second-order valence-corrected chi connectivity index (χ2v) is 5.97. The molecule has 0 amide bonds. The molecule has 5 heteroatoms. The van der Waals surface area contributed by atoms with Crippen molar-refractivity contribution in [3.63, 3.8) is 0 Å². The average molecular weight is 292 g/mol. The lowest BCUT2D eigenvalue weighted by Crippen LogP contribution is -2.37. The molecule has 1 aromatic rings. The number of hydrogen-bond donors (Lipinski definition) is 1. The minimum Gasteiger partial charge on any atom is -0.381 e. The number of anilines is 2. The fourth-order valence-corrected chi connectivity index (χ4v) is 2.54. The van der Waals surface area contributed by atoms with E-state index in [9.17, 15) is 0 Å². The van der Waals surface area contributed by atoms with Crippen LogP contribution in [0.3, 0.4) is 0 Å². The number of rotatable bonds is 6. The van der Waals surface area contributed by atoms with Crippen LogP contribution in [0.15, 0.2) is 6.07 Å². The number of hydrogen-bond acceptors (Lipinski definition) is 5. The van der Waals surface area contributed by atoms with Gasteiger partial charge in [-0.2, -0.15) is 0 Å². The van der Waals surface area contributed by atoms with Crippen LogP contribution in [-0.2, 0) is 4.74 Å². The van der Waals surface area contributed by atoms with Crippen LogP contribution in [0.2, 0.25) is 0 Å². The highest BCUT2D eigenvalue weighted by Crippen LogP contribution is 2.23. The number of aromatic nitrogens is 2. The molecule has 0 saturated carbocycles. The van der Waals surface area contributed by atoms with Crippen LogP contribution in [-0.4, -0.2) is 42.8 Å². The zero-order chi connectivity index (χ0) is 15.2. The minimum absolute atomic E-state index is 0.337. The Bertz CT molecular complexity index is 442. The summed E-state index contributed by atoms with van der Waals surface area (Å²) >= 11 is 0. The SMILES string of the molecule is CCCNc1cc(N2CCC(OC)CC2)nc(C(C)C)n1. The summed E-state index contributed by atoms with van der Waals surface area (Å²) in [5, 5.41) is 3.39. The number of nitrogens with one attached hydrogen (secondary N) is 1. The summed E-state index contributed by atoms with van der Waals surface area (Å²) in [5.41, 5.74) is 0. The van der Waals surface area contributed by atoms with E-state index in [-0.39, 0.29) is 0 Å². The van der Waals surface area contributed by atoms with Crippen molar-refractivity contribution in [2.45, 2.75) is 52.1 Å². The molecule has 1 fully saturated rings. The van der Waals surface area contributed by atoms with Crippen molar-refractivity contribution in [2.24, 2.45) is 0 Å². The first-order chi connectivity index (χ1) is 10.1. The van der Waals surface area contributed by atoms with Crippen molar-refractivity contribution >= 4 is 11.6 Å². The first kappa shape index (κ1) is 16.0. The van der Waals surface area contributed by atoms with Gasteiger partial charge in [-0.15, -0.1) is 0 Å². The second kappa shape index (κ2) is 7.59. The molecule has 0 spiro atoms. The van der Waals surface area contributed by atoms with Gasteiger partial charge in [0.25, 0.3) is 0 Å². The molecule has 21 heavy (non-hydrogen) atoms. The Morgan fingerprint density at radius 3 is 2.62 bits per heavy atom. The van der Waals surface area contributed by atoms with Gasteiger partial charge in [-0.05, 0) is 19.3 Å². The van der Waals surface area contributed by atoms with Gasteiger partial charge < -0.3 is 15.0 Å². The van der Waals surface area contributed by atoms with E-state index in [0.29, 0.717) is 12.0 Å². The molecule has 1 aliphatic heterocycles. The average Bonchev–Trinajstić information content (AvgIpc) is 2.52. The third kappa shape index (κ3) is 4.30. The van der Waals surface area contributed by atoms with Crippen LogP contribution in [0, 0.1) is 0 Å². The highest BCUT2D eigenvalue weighted by atomic mass is 16.5. The molecule has 1 aromatic heterocycles. The molecule has 2 heterocycles. The first-order valence-electron chi connectivity index (χ1n) is 8.04. The van der Waals surface area contributed by atoms with Gasteiger partial charge in [0.05, 0.1) is 6.10 Å². The van der Waals surface area contributed by atoms with Crippen LogP contribution in [0.4, 0.5) is 11.6 Å². The molecule has 0 aromatic carbocycles. The lowest BCUT2D eigenvalue weighted by molar-refractivity contribution is 0.0818. The van der Waals surface area contributed by atoms with Gasteiger partial charge >= 0.3 is 0 Å². The molecule has 1 N–H and O–H groups in total.